The van der Waals surface area contributed by atoms with Gasteiger partial charge in [-0.2, -0.15) is 13.2 Å². The van der Waals surface area contributed by atoms with Crippen molar-refractivity contribution in [2.24, 2.45) is 0 Å². The number of halogens is 4. The van der Waals surface area contributed by atoms with Gasteiger partial charge in [0.15, 0.2) is 9.84 Å². The van der Waals surface area contributed by atoms with Crippen LogP contribution in [0.5, 0.6) is 0 Å². The van der Waals surface area contributed by atoms with Gasteiger partial charge in [0.1, 0.15) is 0 Å². The van der Waals surface area contributed by atoms with Gasteiger partial charge in [-0.25, -0.2) is 8.42 Å². The first-order chi connectivity index (χ1) is 6.60. The molecule has 0 bridgehead atoms. The number of benzene rings is 1. The highest BCUT2D eigenvalue weighted by atomic mass is 79.9. The summed E-state index contributed by atoms with van der Waals surface area (Å²) in [6, 6.07) is 2.57. The van der Waals surface area contributed by atoms with E-state index in [0.29, 0.717) is 6.07 Å². The second kappa shape index (κ2) is 3.79. The SMILES string of the molecule is CS(=O)(=O)c1cc(Br)cc(C(F)(F)F)c1. The third kappa shape index (κ3) is 3.20. The van der Waals surface area contributed by atoms with E-state index >= 15 is 0 Å². The van der Waals surface area contributed by atoms with Gasteiger partial charge in [0.2, 0.25) is 0 Å². The molecule has 0 fully saturated rings. The van der Waals surface area contributed by atoms with E-state index in [4.69, 9.17) is 0 Å². The Balaban J connectivity index is 3.43. The molecule has 0 amide bonds. The first kappa shape index (κ1) is 12.5. The van der Waals surface area contributed by atoms with Gasteiger partial charge in [0.25, 0.3) is 0 Å². The highest BCUT2D eigenvalue weighted by Crippen LogP contribution is 2.32. The maximum absolute atomic E-state index is 12.3. The van der Waals surface area contributed by atoms with E-state index in [1.165, 1.54) is 0 Å². The Bertz CT molecular complexity index is 479. The van der Waals surface area contributed by atoms with E-state index in [2.05, 4.69) is 15.9 Å². The van der Waals surface area contributed by atoms with E-state index < -0.39 is 21.6 Å². The van der Waals surface area contributed by atoms with Crippen molar-refractivity contribution in [2.45, 2.75) is 11.1 Å². The first-order valence-electron chi connectivity index (χ1n) is 3.68. The van der Waals surface area contributed by atoms with Crippen LogP contribution in [0.1, 0.15) is 5.56 Å². The Morgan fingerprint density at radius 2 is 1.73 bits per heavy atom. The molecule has 0 aliphatic carbocycles. The Morgan fingerprint density at radius 1 is 1.20 bits per heavy atom. The highest BCUT2D eigenvalue weighted by molar-refractivity contribution is 9.10. The molecule has 0 saturated heterocycles. The van der Waals surface area contributed by atoms with Crippen LogP contribution in [0.15, 0.2) is 27.6 Å². The van der Waals surface area contributed by atoms with Crippen molar-refractivity contribution >= 4 is 25.8 Å². The summed E-state index contributed by atoms with van der Waals surface area (Å²) >= 11 is 2.83. The summed E-state index contributed by atoms with van der Waals surface area (Å²) in [5, 5.41) is 0. The summed E-state index contributed by atoms with van der Waals surface area (Å²) in [7, 11) is -3.64. The van der Waals surface area contributed by atoms with Crippen LogP contribution in [-0.2, 0) is 16.0 Å². The zero-order valence-electron chi connectivity index (χ0n) is 7.47. The average molecular weight is 303 g/mol. The summed E-state index contributed by atoms with van der Waals surface area (Å²) in [4.78, 5) is -0.357. The molecule has 15 heavy (non-hydrogen) atoms. The predicted molar refractivity (Wildman–Crippen MR) is 52.3 cm³/mol. The number of rotatable bonds is 1. The monoisotopic (exact) mass is 302 g/mol. The van der Waals surface area contributed by atoms with E-state index in [0.717, 1.165) is 18.4 Å². The van der Waals surface area contributed by atoms with Crippen LogP contribution in [0.25, 0.3) is 0 Å². The molecule has 0 aliphatic rings. The van der Waals surface area contributed by atoms with Gasteiger partial charge in [0, 0.05) is 10.7 Å². The number of hydrogen-bond acceptors (Lipinski definition) is 2. The molecule has 0 atom stereocenters. The summed E-state index contributed by atoms with van der Waals surface area (Å²) in [6.45, 7) is 0. The van der Waals surface area contributed by atoms with Gasteiger partial charge in [0.05, 0.1) is 10.5 Å². The summed E-state index contributed by atoms with van der Waals surface area (Å²) < 4.78 is 59.2. The summed E-state index contributed by atoms with van der Waals surface area (Å²) in [6.07, 6.45) is -3.70. The molecule has 0 spiro atoms. The quantitative estimate of drug-likeness (QED) is 0.799. The molecule has 84 valence electrons. The minimum absolute atomic E-state index is 0.0813. The molecule has 0 unspecified atom stereocenters. The fraction of sp³-hybridized carbons (Fsp3) is 0.250. The molecular weight excluding hydrogens is 297 g/mol. The van der Waals surface area contributed by atoms with Crippen molar-refractivity contribution in [2.75, 3.05) is 6.26 Å². The number of hydrogen-bond donors (Lipinski definition) is 0. The lowest BCUT2D eigenvalue weighted by atomic mass is 10.2. The van der Waals surface area contributed by atoms with Crippen LogP contribution in [-0.4, -0.2) is 14.7 Å². The van der Waals surface area contributed by atoms with Crippen molar-refractivity contribution in [3.8, 4) is 0 Å². The fourth-order valence-electron chi connectivity index (χ4n) is 0.940. The smallest absolute Gasteiger partial charge is 0.224 e. The molecule has 7 heteroatoms. The third-order valence-electron chi connectivity index (χ3n) is 1.63. The van der Waals surface area contributed by atoms with Crippen LogP contribution < -0.4 is 0 Å². The van der Waals surface area contributed by atoms with E-state index in [9.17, 15) is 21.6 Å². The normalized spacial score (nSPS) is 12.9. The van der Waals surface area contributed by atoms with Crippen LogP contribution >= 0.6 is 15.9 Å². The fourth-order valence-corrected chi connectivity index (χ4v) is 2.27. The van der Waals surface area contributed by atoms with Crippen molar-refractivity contribution in [3.63, 3.8) is 0 Å². The maximum atomic E-state index is 12.3. The molecule has 1 rings (SSSR count). The van der Waals surface area contributed by atoms with Gasteiger partial charge < -0.3 is 0 Å². The molecule has 0 saturated carbocycles. The molecular formula is C8H6BrF3O2S. The molecule has 2 nitrogen and oxygen atoms in total. The lowest BCUT2D eigenvalue weighted by molar-refractivity contribution is -0.137. The van der Waals surface area contributed by atoms with E-state index in [-0.39, 0.29) is 9.37 Å². The second-order valence-electron chi connectivity index (χ2n) is 2.95. The maximum Gasteiger partial charge on any atom is 0.416 e. The van der Waals surface area contributed by atoms with Gasteiger partial charge in [-0.05, 0) is 18.2 Å². The van der Waals surface area contributed by atoms with Crippen LogP contribution in [0.4, 0.5) is 13.2 Å². The minimum Gasteiger partial charge on any atom is -0.224 e. The van der Waals surface area contributed by atoms with Gasteiger partial charge in [-0.3, -0.25) is 0 Å². The summed E-state index contributed by atoms with van der Waals surface area (Å²) in [5.41, 5.74) is -0.989. The Kier molecular flexibility index (Phi) is 3.16. The molecule has 0 N–H and O–H groups in total. The third-order valence-corrected chi connectivity index (χ3v) is 3.18. The highest BCUT2D eigenvalue weighted by Gasteiger charge is 2.31. The first-order valence-corrected chi connectivity index (χ1v) is 6.37. The minimum atomic E-state index is -4.55. The number of sulfone groups is 1. The predicted octanol–water partition coefficient (Wildman–Crippen LogP) is 2.87. The van der Waals surface area contributed by atoms with Crippen molar-refractivity contribution in [1.82, 2.24) is 0 Å². The van der Waals surface area contributed by atoms with E-state index in [1.807, 2.05) is 0 Å². The van der Waals surface area contributed by atoms with Gasteiger partial charge in [-0.1, -0.05) is 15.9 Å². The number of alkyl halides is 3. The average Bonchev–Trinajstić information content (AvgIpc) is 1.99. The lowest BCUT2D eigenvalue weighted by Gasteiger charge is -2.08. The van der Waals surface area contributed by atoms with Crippen molar-refractivity contribution in [3.05, 3.63) is 28.2 Å². The van der Waals surface area contributed by atoms with Crippen molar-refractivity contribution in [1.29, 1.82) is 0 Å². The van der Waals surface area contributed by atoms with Gasteiger partial charge in [-0.15, -0.1) is 0 Å². The largest absolute Gasteiger partial charge is 0.416 e. The van der Waals surface area contributed by atoms with E-state index in [1.54, 1.807) is 0 Å². The molecule has 1 aromatic rings. The summed E-state index contributed by atoms with van der Waals surface area (Å²) in [5.74, 6) is 0. The van der Waals surface area contributed by atoms with Gasteiger partial charge >= 0.3 is 6.18 Å². The molecule has 0 heterocycles. The molecule has 1 aromatic carbocycles. The zero-order chi connectivity index (χ0) is 11.9. The van der Waals surface area contributed by atoms with Crippen LogP contribution in [0, 0.1) is 0 Å². The van der Waals surface area contributed by atoms with Crippen molar-refractivity contribution < 1.29 is 21.6 Å². The zero-order valence-corrected chi connectivity index (χ0v) is 9.87. The molecule has 0 radical (unpaired) electrons. The van der Waals surface area contributed by atoms with Crippen LogP contribution in [0.3, 0.4) is 0 Å². The van der Waals surface area contributed by atoms with Crippen LogP contribution in [0.2, 0.25) is 0 Å². The lowest BCUT2D eigenvalue weighted by Crippen LogP contribution is -2.07. The molecule has 0 aromatic heterocycles. The Morgan fingerprint density at radius 3 is 2.13 bits per heavy atom. The Hall–Kier alpha value is -0.560. The topological polar surface area (TPSA) is 34.1 Å². The molecule has 0 aliphatic heterocycles. The standard InChI is InChI=1S/C8H6BrF3O2S/c1-15(13,14)7-3-5(8(10,11)12)2-6(9)4-7/h2-4H,1H3. The Labute approximate surface area is 93.2 Å². The second-order valence-corrected chi connectivity index (χ2v) is 5.88.